The van der Waals surface area contributed by atoms with E-state index in [1.807, 2.05) is 6.08 Å². The second-order valence-corrected chi connectivity index (χ2v) is 7.40. The van der Waals surface area contributed by atoms with Crippen molar-refractivity contribution in [3.8, 4) is 0 Å². The van der Waals surface area contributed by atoms with Crippen LogP contribution in [0.5, 0.6) is 0 Å². The van der Waals surface area contributed by atoms with Crippen LogP contribution in [0.25, 0.3) is 0 Å². The summed E-state index contributed by atoms with van der Waals surface area (Å²) in [7, 11) is 0. The summed E-state index contributed by atoms with van der Waals surface area (Å²) in [6.45, 7) is 12.1. The number of ether oxygens (including phenoxy) is 1. The predicted octanol–water partition coefficient (Wildman–Crippen LogP) is 8.56. The zero-order valence-electron chi connectivity index (χ0n) is 18.6. The first-order chi connectivity index (χ1) is 13.2. The Labute approximate surface area is 170 Å². The molecule has 0 amide bonds. The van der Waals surface area contributed by atoms with Crippen LogP contribution in [0.4, 0.5) is 0 Å². The van der Waals surface area contributed by atoms with Gasteiger partial charge in [-0.15, -0.1) is 6.58 Å². The maximum Gasteiger partial charge on any atom is 0.330 e. The zero-order chi connectivity index (χ0) is 20.4. The van der Waals surface area contributed by atoms with Gasteiger partial charge in [0.1, 0.15) is 0 Å². The third-order valence-corrected chi connectivity index (χ3v) is 4.67. The van der Waals surface area contributed by atoms with Crippen molar-refractivity contribution in [3.05, 3.63) is 25.3 Å². The molecule has 0 spiro atoms. The molecule has 0 aliphatic heterocycles. The van der Waals surface area contributed by atoms with E-state index in [0.29, 0.717) is 6.61 Å². The van der Waals surface area contributed by atoms with E-state index in [-0.39, 0.29) is 5.97 Å². The molecule has 0 saturated carbocycles. The number of rotatable bonds is 19. The molecule has 0 aromatic rings. The third-order valence-electron chi connectivity index (χ3n) is 4.67. The van der Waals surface area contributed by atoms with Crippen LogP contribution >= 0.6 is 0 Å². The van der Waals surface area contributed by atoms with Crippen LogP contribution < -0.4 is 0 Å². The summed E-state index contributed by atoms with van der Waals surface area (Å²) in [5.41, 5.74) is 0. The van der Waals surface area contributed by atoms with Gasteiger partial charge < -0.3 is 4.74 Å². The number of hydrogen-bond acceptors (Lipinski definition) is 2. The molecule has 2 nitrogen and oxygen atoms in total. The molecule has 0 atom stereocenters. The van der Waals surface area contributed by atoms with Crippen molar-refractivity contribution in [2.24, 2.45) is 0 Å². The Morgan fingerprint density at radius 2 is 1.07 bits per heavy atom. The molecule has 2 heteroatoms. The van der Waals surface area contributed by atoms with Crippen LogP contribution in [0.15, 0.2) is 25.3 Å². The molecular weight excluding hydrogens is 332 g/mol. The van der Waals surface area contributed by atoms with Crippen molar-refractivity contribution in [2.45, 2.75) is 123 Å². The molecule has 0 saturated heterocycles. The van der Waals surface area contributed by atoms with Gasteiger partial charge in [-0.1, -0.05) is 116 Å². The van der Waals surface area contributed by atoms with Crippen molar-refractivity contribution < 1.29 is 9.53 Å². The molecular formula is C25H48O2. The second-order valence-electron chi connectivity index (χ2n) is 7.40. The minimum absolute atomic E-state index is 0.305. The fourth-order valence-corrected chi connectivity index (χ4v) is 2.89. The normalized spacial score (nSPS) is 10.0. The van der Waals surface area contributed by atoms with E-state index in [1.165, 1.54) is 109 Å². The Morgan fingerprint density at radius 3 is 1.48 bits per heavy atom. The van der Waals surface area contributed by atoms with Gasteiger partial charge in [0.2, 0.25) is 0 Å². The maximum absolute atomic E-state index is 10.7. The molecule has 0 bridgehead atoms. The molecule has 0 N–H and O–H groups in total. The van der Waals surface area contributed by atoms with E-state index in [9.17, 15) is 4.79 Å². The summed E-state index contributed by atoms with van der Waals surface area (Å²) >= 11 is 0. The van der Waals surface area contributed by atoms with Crippen LogP contribution in [0.3, 0.4) is 0 Å². The first kappa shape index (κ1) is 28.2. The van der Waals surface area contributed by atoms with Gasteiger partial charge in [0.25, 0.3) is 0 Å². The average molecular weight is 381 g/mol. The van der Waals surface area contributed by atoms with Crippen molar-refractivity contribution >= 4 is 5.97 Å². The van der Waals surface area contributed by atoms with Gasteiger partial charge in [-0.2, -0.15) is 0 Å². The summed E-state index contributed by atoms with van der Waals surface area (Å²) in [5.74, 6) is -0.305. The summed E-state index contributed by atoms with van der Waals surface area (Å²) in [4.78, 5) is 10.7. The molecule has 160 valence electrons. The standard InChI is InChI=1S/C15H28O2.C10H20/c1-3-5-6-7-8-9-10-11-12-13-14-17-15(16)4-2;1-3-5-7-9-10-8-6-4-2/h4H,2-3,5-14H2,1H3;3H,1,4-10H2,2H3. The van der Waals surface area contributed by atoms with Gasteiger partial charge in [-0.25, -0.2) is 4.79 Å². The SMILES string of the molecule is C=CC(=O)OCCCCCCCCCCCC.C=CCCCCCCCC. The maximum atomic E-state index is 10.7. The van der Waals surface area contributed by atoms with Gasteiger partial charge in [0, 0.05) is 6.08 Å². The Bertz CT molecular complexity index is 309. The van der Waals surface area contributed by atoms with Crippen LogP contribution in [0.2, 0.25) is 0 Å². The minimum atomic E-state index is -0.305. The number of carbonyl (C=O) groups excluding carboxylic acids is 1. The van der Waals surface area contributed by atoms with E-state index in [2.05, 4.69) is 27.0 Å². The van der Waals surface area contributed by atoms with E-state index in [1.54, 1.807) is 0 Å². The monoisotopic (exact) mass is 380 g/mol. The molecule has 0 aliphatic rings. The van der Waals surface area contributed by atoms with Gasteiger partial charge in [0.05, 0.1) is 6.61 Å². The Kier molecular flexibility index (Phi) is 28.3. The molecule has 0 radical (unpaired) electrons. The highest BCUT2D eigenvalue weighted by Crippen LogP contribution is 2.10. The molecule has 0 aromatic carbocycles. The highest BCUT2D eigenvalue weighted by atomic mass is 16.5. The summed E-state index contributed by atoms with van der Waals surface area (Å²) in [6, 6.07) is 0. The fourth-order valence-electron chi connectivity index (χ4n) is 2.89. The van der Waals surface area contributed by atoms with E-state index < -0.39 is 0 Å². The Morgan fingerprint density at radius 1 is 0.667 bits per heavy atom. The lowest BCUT2D eigenvalue weighted by Crippen LogP contribution is -2.01. The van der Waals surface area contributed by atoms with E-state index in [4.69, 9.17) is 4.74 Å². The predicted molar refractivity (Wildman–Crippen MR) is 121 cm³/mol. The number of allylic oxidation sites excluding steroid dienone is 1. The summed E-state index contributed by atoms with van der Waals surface area (Å²) < 4.78 is 4.91. The van der Waals surface area contributed by atoms with Crippen molar-refractivity contribution in [1.82, 2.24) is 0 Å². The number of unbranched alkanes of at least 4 members (excludes halogenated alkanes) is 15. The Hall–Kier alpha value is -1.05. The lowest BCUT2D eigenvalue weighted by Gasteiger charge is -2.03. The van der Waals surface area contributed by atoms with E-state index >= 15 is 0 Å². The lowest BCUT2D eigenvalue weighted by atomic mass is 10.1. The van der Waals surface area contributed by atoms with Crippen molar-refractivity contribution in [1.29, 1.82) is 0 Å². The minimum Gasteiger partial charge on any atom is -0.463 e. The van der Waals surface area contributed by atoms with Crippen LogP contribution in [0.1, 0.15) is 123 Å². The summed E-state index contributed by atoms with van der Waals surface area (Å²) in [5, 5.41) is 0. The quantitative estimate of drug-likeness (QED) is 0.0970. The fraction of sp³-hybridized carbons (Fsp3) is 0.800. The molecule has 0 rings (SSSR count). The highest BCUT2D eigenvalue weighted by molar-refractivity contribution is 5.81. The van der Waals surface area contributed by atoms with Crippen molar-refractivity contribution in [2.75, 3.05) is 6.61 Å². The van der Waals surface area contributed by atoms with Crippen molar-refractivity contribution in [3.63, 3.8) is 0 Å². The first-order valence-electron chi connectivity index (χ1n) is 11.6. The molecule has 0 unspecified atom stereocenters. The van der Waals surface area contributed by atoms with Gasteiger partial charge in [-0.3, -0.25) is 0 Å². The van der Waals surface area contributed by atoms with Gasteiger partial charge in [0.15, 0.2) is 0 Å². The number of carbonyl (C=O) groups is 1. The van der Waals surface area contributed by atoms with E-state index in [0.717, 1.165) is 6.42 Å². The van der Waals surface area contributed by atoms with Gasteiger partial charge >= 0.3 is 5.97 Å². The Balaban J connectivity index is 0. The first-order valence-corrected chi connectivity index (χ1v) is 11.6. The van der Waals surface area contributed by atoms with Gasteiger partial charge in [-0.05, 0) is 19.3 Å². The average Bonchev–Trinajstić information content (AvgIpc) is 2.69. The molecule has 0 fully saturated rings. The number of esters is 1. The van der Waals surface area contributed by atoms with Crippen LogP contribution in [-0.4, -0.2) is 12.6 Å². The highest BCUT2D eigenvalue weighted by Gasteiger charge is 1.95. The largest absolute Gasteiger partial charge is 0.463 e. The molecule has 27 heavy (non-hydrogen) atoms. The molecule has 0 aromatic heterocycles. The van der Waals surface area contributed by atoms with Crippen LogP contribution in [-0.2, 0) is 9.53 Å². The second kappa shape index (κ2) is 27.2. The lowest BCUT2D eigenvalue weighted by molar-refractivity contribution is -0.137. The third kappa shape index (κ3) is 29.9. The molecule has 0 heterocycles. The molecule has 0 aliphatic carbocycles. The van der Waals surface area contributed by atoms with Crippen LogP contribution in [0, 0.1) is 0 Å². The smallest absolute Gasteiger partial charge is 0.330 e. The summed E-state index contributed by atoms with van der Waals surface area (Å²) in [6.07, 6.45) is 25.7. The topological polar surface area (TPSA) is 26.3 Å². The number of hydrogen-bond donors (Lipinski definition) is 0. The zero-order valence-corrected chi connectivity index (χ0v) is 18.6.